The lowest BCUT2D eigenvalue weighted by molar-refractivity contribution is 0.116. The molecular formula is C22H31N3O3S. The maximum Gasteiger partial charge on any atom is 0.243 e. The fourth-order valence-corrected chi connectivity index (χ4v) is 6.59. The first-order valence-electron chi connectivity index (χ1n) is 10.8. The minimum atomic E-state index is -3.45. The van der Waals surface area contributed by atoms with Crippen LogP contribution in [0.5, 0.6) is 0 Å². The van der Waals surface area contributed by atoms with Gasteiger partial charge in [-0.2, -0.15) is 4.31 Å². The highest BCUT2D eigenvalue weighted by atomic mass is 32.2. The lowest BCUT2D eigenvalue weighted by Gasteiger charge is -2.39. The Labute approximate surface area is 173 Å². The Morgan fingerprint density at radius 3 is 2.48 bits per heavy atom. The second kappa shape index (κ2) is 8.98. The van der Waals surface area contributed by atoms with Gasteiger partial charge in [0.25, 0.3) is 0 Å². The van der Waals surface area contributed by atoms with Crippen molar-refractivity contribution in [2.24, 2.45) is 5.92 Å². The van der Waals surface area contributed by atoms with Crippen LogP contribution in [0.4, 0.5) is 0 Å². The minimum absolute atomic E-state index is 0.109. The first-order valence-corrected chi connectivity index (χ1v) is 12.2. The van der Waals surface area contributed by atoms with Gasteiger partial charge in [-0.05, 0) is 63.7 Å². The molecule has 158 valence electrons. The van der Waals surface area contributed by atoms with Crippen LogP contribution in [-0.2, 0) is 16.6 Å². The fourth-order valence-electron chi connectivity index (χ4n) is 4.81. The van der Waals surface area contributed by atoms with Crippen LogP contribution >= 0.6 is 0 Å². The van der Waals surface area contributed by atoms with Crippen LogP contribution in [0.1, 0.15) is 50.0 Å². The lowest BCUT2D eigenvalue weighted by atomic mass is 9.87. The Morgan fingerprint density at radius 1 is 1.03 bits per heavy atom. The van der Waals surface area contributed by atoms with Crippen molar-refractivity contribution >= 4 is 10.0 Å². The van der Waals surface area contributed by atoms with Gasteiger partial charge in [-0.1, -0.05) is 36.2 Å². The number of aryl methyl sites for hydroxylation is 1. The van der Waals surface area contributed by atoms with E-state index in [-0.39, 0.29) is 6.04 Å². The van der Waals surface area contributed by atoms with E-state index in [4.69, 9.17) is 4.52 Å². The summed E-state index contributed by atoms with van der Waals surface area (Å²) in [7, 11) is -3.45. The van der Waals surface area contributed by atoms with Crippen LogP contribution < -0.4 is 0 Å². The number of nitrogens with zero attached hydrogens (tertiary/aromatic N) is 3. The van der Waals surface area contributed by atoms with E-state index in [1.165, 1.54) is 0 Å². The largest absolute Gasteiger partial charge is 0.360 e. The van der Waals surface area contributed by atoms with E-state index in [1.54, 1.807) is 12.1 Å². The summed E-state index contributed by atoms with van der Waals surface area (Å²) in [6, 6.07) is 11.0. The quantitative estimate of drug-likeness (QED) is 0.740. The van der Waals surface area contributed by atoms with Crippen molar-refractivity contribution in [3.8, 4) is 0 Å². The summed E-state index contributed by atoms with van der Waals surface area (Å²) in [6.07, 6.45) is 6.20. The van der Waals surface area contributed by atoms with Crippen LogP contribution in [0.15, 0.2) is 45.8 Å². The zero-order valence-corrected chi connectivity index (χ0v) is 18.0. The van der Waals surface area contributed by atoms with Gasteiger partial charge in [-0.3, -0.25) is 4.90 Å². The Bertz CT molecular complexity index is 889. The Balaban J connectivity index is 1.45. The number of piperidine rings is 1. The van der Waals surface area contributed by atoms with E-state index in [9.17, 15) is 8.42 Å². The van der Waals surface area contributed by atoms with Gasteiger partial charge < -0.3 is 4.52 Å². The average Bonchev–Trinajstić information content (AvgIpc) is 2.99. The first kappa shape index (κ1) is 20.6. The molecule has 0 bridgehead atoms. The van der Waals surface area contributed by atoms with Gasteiger partial charge in [0.1, 0.15) is 0 Å². The van der Waals surface area contributed by atoms with Crippen molar-refractivity contribution in [3.05, 3.63) is 47.9 Å². The molecular weight excluding hydrogens is 386 g/mol. The van der Waals surface area contributed by atoms with E-state index in [0.717, 1.165) is 69.6 Å². The van der Waals surface area contributed by atoms with Crippen LogP contribution in [0.2, 0.25) is 0 Å². The third-order valence-corrected chi connectivity index (χ3v) is 8.27. The predicted octanol–water partition coefficient (Wildman–Crippen LogP) is 3.83. The van der Waals surface area contributed by atoms with E-state index in [2.05, 4.69) is 10.1 Å². The lowest BCUT2D eigenvalue weighted by Crippen LogP contribution is -2.47. The molecule has 1 aromatic heterocycles. The van der Waals surface area contributed by atoms with Crippen LogP contribution in [0.25, 0.3) is 0 Å². The Hall–Kier alpha value is -1.70. The number of hydrogen-bond donors (Lipinski definition) is 0. The van der Waals surface area contributed by atoms with E-state index >= 15 is 0 Å². The summed E-state index contributed by atoms with van der Waals surface area (Å²) in [4.78, 5) is 2.81. The molecule has 0 amide bonds. The summed E-state index contributed by atoms with van der Waals surface area (Å²) < 4.78 is 34.0. The van der Waals surface area contributed by atoms with Gasteiger partial charge in [0.15, 0.2) is 5.76 Å². The van der Waals surface area contributed by atoms with Crippen molar-refractivity contribution in [3.63, 3.8) is 0 Å². The highest BCUT2D eigenvalue weighted by molar-refractivity contribution is 7.89. The van der Waals surface area contributed by atoms with Gasteiger partial charge in [0, 0.05) is 18.7 Å². The molecule has 1 unspecified atom stereocenters. The van der Waals surface area contributed by atoms with Crippen LogP contribution in [0, 0.1) is 12.8 Å². The molecule has 2 aliphatic rings. The Morgan fingerprint density at radius 2 is 1.79 bits per heavy atom. The highest BCUT2D eigenvalue weighted by Crippen LogP contribution is 2.33. The second-order valence-corrected chi connectivity index (χ2v) is 10.3. The molecule has 0 aliphatic carbocycles. The molecule has 6 nitrogen and oxygen atoms in total. The van der Waals surface area contributed by atoms with Crippen LogP contribution in [-0.4, -0.2) is 48.5 Å². The molecule has 0 radical (unpaired) electrons. The fraction of sp³-hybridized carbons (Fsp3) is 0.591. The van der Waals surface area contributed by atoms with E-state index in [0.29, 0.717) is 17.4 Å². The normalized spacial score (nSPS) is 23.1. The molecule has 2 fully saturated rings. The molecule has 29 heavy (non-hydrogen) atoms. The van der Waals surface area contributed by atoms with Crippen molar-refractivity contribution < 1.29 is 12.9 Å². The molecule has 7 heteroatoms. The van der Waals surface area contributed by atoms with Gasteiger partial charge in [0.2, 0.25) is 10.0 Å². The van der Waals surface area contributed by atoms with E-state index in [1.807, 2.05) is 35.5 Å². The smallest absolute Gasteiger partial charge is 0.243 e. The standard InChI is InChI=1S/C22H31N3O3S/c1-18-16-20(28-23-18)17-24-14-11-19(12-15-24)22-10-6-3-7-13-25(22)29(26,27)21-8-4-2-5-9-21/h2,4-5,8-9,16,19,22H,3,6-7,10-15,17H2,1H3. The molecule has 3 heterocycles. The zero-order chi connectivity index (χ0) is 20.3. The summed E-state index contributed by atoms with van der Waals surface area (Å²) in [5, 5.41) is 3.97. The topological polar surface area (TPSA) is 66.7 Å². The molecule has 1 atom stereocenters. The first-order chi connectivity index (χ1) is 14.0. The van der Waals surface area contributed by atoms with Gasteiger partial charge >= 0.3 is 0 Å². The predicted molar refractivity (Wildman–Crippen MR) is 112 cm³/mol. The molecule has 4 rings (SSSR count). The summed E-state index contributed by atoms with van der Waals surface area (Å²) in [6.45, 7) is 5.30. The number of aromatic nitrogens is 1. The minimum Gasteiger partial charge on any atom is -0.360 e. The SMILES string of the molecule is Cc1cc(CN2CCC(C3CCCCCN3S(=O)(=O)c3ccccc3)CC2)on1. The average molecular weight is 418 g/mol. The Kier molecular flexibility index (Phi) is 6.37. The number of benzene rings is 1. The molecule has 0 N–H and O–H groups in total. The van der Waals surface area contributed by atoms with Gasteiger partial charge in [0.05, 0.1) is 17.1 Å². The molecule has 1 aromatic carbocycles. The zero-order valence-electron chi connectivity index (χ0n) is 17.2. The van der Waals surface area contributed by atoms with Crippen molar-refractivity contribution in [2.75, 3.05) is 19.6 Å². The second-order valence-electron chi connectivity index (χ2n) is 8.39. The molecule has 0 spiro atoms. The summed E-state index contributed by atoms with van der Waals surface area (Å²) in [5.74, 6) is 1.32. The van der Waals surface area contributed by atoms with Crippen LogP contribution in [0.3, 0.4) is 0 Å². The van der Waals surface area contributed by atoms with Crippen molar-refractivity contribution in [1.82, 2.24) is 14.4 Å². The molecule has 0 saturated carbocycles. The highest BCUT2D eigenvalue weighted by Gasteiger charge is 2.38. The molecule has 2 saturated heterocycles. The maximum absolute atomic E-state index is 13.4. The number of sulfonamides is 1. The van der Waals surface area contributed by atoms with Gasteiger partial charge in [-0.15, -0.1) is 0 Å². The third kappa shape index (κ3) is 4.73. The number of hydrogen-bond acceptors (Lipinski definition) is 5. The van der Waals surface area contributed by atoms with E-state index < -0.39 is 10.0 Å². The maximum atomic E-state index is 13.4. The van der Waals surface area contributed by atoms with Crippen molar-refractivity contribution in [1.29, 1.82) is 0 Å². The number of likely N-dealkylation sites (tertiary alicyclic amines) is 1. The molecule has 2 aliphatic heterocycles. The summed E-state index contributed by atoms with van der Waals surface area (Å²) in [5.41, 5.74) is 0.912. The van der Waals surface area contributed by atoms with Crippen molar-refractivity contribution in [2.45, 2.75) is 62.9 Å². The number of rotatable bonds is 5. The summed E-state index contributed by atoms with van der Waals surface area (Å²) >= 11 is 0. The van der Waals surface area contributed by atoms with Gasteiger partial charge in [-0.25, -0.2) is 8.42 Å². The molecule has 2 aromatic rings. The third-order valence-electron chi connectivity index (χ3n) is 6.33. The monoisotopic (exact) mass is 417 g/mol.